The normalized spacial score (nSPS) is 11.1. The van der Waals surface area contributed by atoms with Crippen molar-refractivity contribution < 1.29 is 9.53 Å². The van der Waals surface area contributed by atoms with E-state index in [1.807, 2.05) is 12.1 Å². The van der Waals surface area contributed by atoms with E-state index in [4.69, 9.17) is 10.5 Å². The SMILES string of the molecule is CCOC(=O)Nc1cccc(C(C)(C)C)c1N. The van der Waals surface area contributed by atoms with Crippen molar-refractivity contribution in [2.75, 3.05) is 17.7 Å². The number of carbonyl (C=O) groups is 1. The lowest BCUT2D eigenvalue weighted by atomic mass is 9.85. The van der Waals surface area contributed by atoms with Gasteiger partial charge in [0.25, 0.3) is 0 Å². The Morgan fingerprint density at radius 3 is 2.59 bits per heavy atom. The van der Waals surface area contributed by atoms with E-state index < -0.39 is 6.09 Å². The maximum Gasteiger partial charge on any atom is 0.411 e. The first-order chi connectivity index (χ1) is 7.86. The summed E-state index contributed by atoms with van der Waals surface area (Å²) in [5.41, 5.74) is 8.18. The Balaban J connectivity index is 2.99. The third-order valence-corrected chi connectivity index (χ3v) is 2.43. The van der Waals surface area contributed by atoms with Gasteiger partial charge in [0.1, 0.15) is 0 Å². The summed E-state index contributed by atoms with van der Waals surface area (Å²) in [5, 5.41) is 2.64. The van der Waals surface area contributed by atoms with E-state index in [1.165, 1.54) is 0 Å². The molecule has 0 unspecified atom stereocenters. The summed E-state index contributed by atoms with van der Waals surface area (Å²) in [6.07, 6.45) is -0.481. The van der Waals surface area contributed by atoms with Crippen LogP contribution in [0.3, 0.4) is 0 Å². The van der Waals surface area contributed by atoms with Crippen LogP contribution in [0.5, 0.6) is 0 Å². The van der Waals surface area contributed by atoms with E-state index in [9.17, 15) is 4.79 Å². The Bertz CT molecular complexity index is 408. The lowest BCUT2D eigenvalue weighted by Crippen LogP contribution is -2.18. The number of hydrogen-bond acceptors (Lipinski definition) is 3. The lowest BCUT2D eigenvalue weighted by molar-refractivity contribution is 0.168. The molecule has 0 spiro atoms. The van der Waals surface area contributed by atoms with Crippen molar-refractivity contribution in [1.29, 1.82) is 0 Å². The predicted octanol–water partition coefficient (Wildman–Crippen LogP) is 3.13. The van der Waals surface area contributed by atoms with E-state index in [1.54, 1.807) is 13.0 Å². The van der Waals surface area contributed by atoms with Gasteiger partial charge >= 0.3 is 6.09 Å². The molecular formula is C13H20N2O2. The number of amides is 1. The Kier molecular flexibility index (Phi) is 3.99. The molecule has 4 nitrogen and oxygen atoms in total. The monoisotopic (exact) mass is 236 g/mol. The zero-order valence-corrected chi connectivity index (χ0v) is 10.8. The van der Waals surface area contributed by atoms with Gasteiger partial charge in [-0.2, -0.15) is 0 Å². The molecule has 1 rings (SSSR count). The van der Waals surface area contributed by atoms with E-state index in [0.717, 1.165) is 5.56 Å². The van der Waals surface area contributed by atoms with Gasteiger partial charge in [-0.15, -0.1) is 0 Å². The van der Waals surface area contributed by atoms with E-state index >= 15 is 0 Å². The van der Waals surface area contributed by atoms with Crippen molar-refractivity contribution in [2.45, 2.75) is 33.1 Å². The first-order valence-electron chi connectivity index (χ1n) is 5.69. The first kappa shape index (κ1) is 13.4. The van der Waals surface area contributed by atoms with Crippen LogP contribution in [0.1, 0.15) is 33.3 Å². The van der Waals surface area contributed by atoms with Crippen molar-refractivity contribution in [1.82, 2.24) is 0 Å². The minimum atomic E-state index is -0.481. The summed E-state index contributed by atoms with van der Waals surface area (Å²) in [4.78, 5) is 11.3. The molecule has 0 radical (unpaired) electrons. The van der Waals surface area contributed by atoms with Gasteiger partial charge < -0.3 is 10.5 Å². The Hall–Kier alpha value is -1.71. The fourth-order valence-corrected chi connectivity index (χ4v) is 1.61. The number of anilines is 2. The zero-order valence-electron chi connectivity index (χ0n) is 10.8. The zero-order chi connectivity index (χ0) is 13.1. The highest BCUT2D eigenvalue weighted by Gasteiger charge is 2.19. The van der Waals surface area contributed by atoms with E-state index in [2.05, 4.69) is 26.1 Å². The number of rotatable bonds is 2. The minimum absolute atomic E-state index is 0.0591. The molecule has 3 N–H and O–H groups in total. The summed E-state index contributed by atoms with van der Waals surface area (Å²) in [6, 6.07) is 5.60. The van der Waals surface area contributed by atoms with Gasteiger partial charge in [-0.25, -0.2) is 4.79 Å². The van der Waals surface area contributed by atoms with Crippen LogP contribution in [0.2, 0.25) is 0 Å². The quantitative estimate of drug-likeness (QED) is 0.775. The molecule has 0 aliphatic rings. The maximum absolute atomic E-state index is 11.3. The minimum Gasteiger partial charge on any atom is -0.450 e. The number of hydrogen-bond donors (Lipinski definition) is 2. The van der Waals surface area contributed by atoms with Crippen molar-refractivity contribution in [2.24, 2.45) is 0 Å². The van der Waals surface area contributed by atoms with Gasteiger partial charge in [0.05, 0.1) is 18.0 Å². The lowest BCUT2D eigenvalue weighted by Gasteiger charge is -2.22. The fourth-order valence-electron chi connectivity index (χ4n) is 1.61. The largest absolute Gasteiger partial charge is 0.450 e. The fraction of sp³-hybridized carbons (Fsp3) is 0.462. The Labute approximate surface area is 102 Å². The topological polar surface area (TPSA) is 64.3 Å². The van der Waals surface area contributed by atoms with Crippen LogP contribution >= 0.6 is 0 Å². The van der Waals surface area contributed by atoms with Crippen molar-refractivity contribution in [3.8, 4) is 0 Å². The van der Waals surface area contributed by atoms with Gasteiger partial charge in [-0.1, -0.05) is 32.9 Å². The molecule has 0 atom stereocenters. The molecule has 0 fully saturated rings. The summed E-state index contributed by atoms with van der Waals surface area (Å²) >= 11 is 0. The smallest absolute Gasteiger partial charge is 0.411 e. The van der Waals surface area contributed by atoms with Crippen LogP contribution in [0.15, 0.2) is 18.2 Å². The van der Waals surface area contributed by atoms with E-state index in [0.29, 0.717) is 18.0 Å². The maximum atomic E-state index is 11.3. The van der Waals surface area contributed by atoms with Crippen molar-refractivity contribution >= 4 is 17.5 Å². The molecule has 0 aromatic heterocycles. The molecule has 1 amide bonds. The standard InChI is InChI=1S/C13H20N2O2/c1-5-17-12(16)15-10-8-6-7-9(11(10)14)13(2,3)4/h6-8H,5,14H2,1-4H3,(H,15,16). The first-order valence-corrected chi connectivity index (χ1v) is 5.69. The van der Waals surface area contributed by atoms with Gasteiger partial charge in [0, 0.05) is 0 Å². The second-order valence-corrected chi connectivity index (χ2v) is 4.86. The number of nitrogens with two attached hydrogens (primary N) is 1. The molecule has 0 heterocycles. The van der Waals surface area contributed by atoms with Crippen molar-refractivity contribution in [3.05, 3.63) is 23.8 Å². The second-order valence-electron chi connectivity index (χ2n) is 4.86. The average Bonchev–Trinajstić information content (AvgIpc) is 2.19. The van der Waals surface area contributed by atoms with Gasteiger partial charge in [-0.3, -0.25) is 5.32 Å². The molecule has 94 valence electrons. The number of nitrogens with one attached hydrogen (secondary N) is 1. The summed E-state index contributed by atoms with van der Waals surface area (Å²) in [7, 11) is 0. The third-order valence-electron chi connectivity index (χ3n) is 2.43. The Morgan fingerprint density at radius 2 is 2.06 bits per heavy atom. The number of para-hydroxylation sites is 1. The molecular weight excluding hydrogens is 216 g/mol. The number of ether oxygens (including phenoxy) is 1. The van der Waals surface area contributed by atoms with Crippen LogP contribution in [0, 0.1) is 0 Å². The van der Waals surface area contributed by atoms with E-state index in [-0.39, 0.29) is 5.41 Å². The highest BCUT2D eigenvalue weighted by molar-refractivity contribution is 5.89. The van der Waals surface area contributed by atoms with Crippen LogP contribution < -0.4 is 11.1 Å². The van der Waals surface area contributed by atoms with Gasteiger partial charge in [0.15, 0.2) is 0 Å². The predicted molar refractivity (Wildman–Crippen MR) is 70.2 cm³/mol. The number of benzene rings is 1. The summed E-state index contributed by atoms with van der Waals surface area (Å²) < 4.78 is 4.82. The van der Waals surface area contributed by atoms with Gasteiger partial charge in [0.2, 0.25) is 0 Å². The van der Waals surface area contributed by atoms with Crippen LogP contribution in [-0.4, -0.2) is 12.7 Å². The molecule has 0 aliphatic carbocycles. The third kappa shape index (κ3) is 3.37. The highest BCUT2D eigenvalue weighted by atomic mass is 16.5. The molecule has 17 heavy (non-hydrogen) atoms. The van der Waals surface area contributed by atoms with Gasteiger partial charge in [-0.05, 0) is 24.0 Å². The molecule has 1 aromatic carbocycles. The molecule has 1 aromatic rings. The van der Waals surface area contributed by atoms with Crippen LogP contribution in [-0.2, 0) is 10.2 Å². The summed E-state index contributed by atoms with van der Waals surface area (Å²) in [6.45, 7) is 8.33. The highest BCUT2D eigenvalue weighted by Crippen LogP contribution is 2.32. The molecule has 0 saturated heterocycles. The van der Waals surface area contributed by atoms with Crippen molar-refractivity contribution in [3.63, 3.8) is 0 Å². The molecule has 0 bridgehead atoms. The average molecular weight is 236 g/mol. The molecule has 0 saturated carbocycles. The number of nitrogen functional groups attached to an aromatic ring is 1. The van der Waals surface area contributed by atoms with Crippen LogP contribution in [0.25, 0.3) is 0 Å². The second kappa shape index (κ2) is 5.08. The molecule has 4 heteroatoms. The van der Waals surface area contributed by atoms with Crippen LogP contribution in [0.4, 0.5) is 16.2 Å². The summed E-state index contributed by atoms with van der Waals surface area (Å²) in [5.74, 6) is 0. The Morgan fingerprint density at radius 1 is 1.41 bits per heavy atom. The number of carbonyl (C=O) groups excluding carboxylic acids is 1. The molecule has 0 aliphatic heterocycles.